The lowest BCUT2D eigenvalue weighted by atomic mass is 10.1. The number of hydrogen-bond acceptors (Lipinski definition) is 1. The van der Waals surface area contributed by atoms with E-state index in [1.807, 2.05) is 6.08 Å². The van der Waals surface area contributed by atoms with Crippen LogP contribution in [0.4, 0.5) is 0 Å². The van der Waals surface area contributed by atoms with Crippen LogP contribution >= 0.6 is 0 Å². The van der Waals surface area contributed by atoms with Gasteiger partial charge >= 0.3 is 0 Å². The molecular formula is C18H36O. The van der Waals surface area contributed by atoms with Crippen LogP contribution in [0.5, 0.6) is 0 Å². The van der Waals surface area contributed by atoms with Gasteiger partial charge in [-0.25, -0.2) is 0 Å². The van der Waals surface area contributed by atoms with Crippen LogP contribution in [0.2, 0.25) is 0 Å². The van der Waals surface area contributed by atoms with E-state index in [0.29, 0.717) is 5.76 Å². The molecule has 0 aromatic heterocycles. The van der Waals surface area contributed by atoms with Crippen molar-refractivity contribution in [1.82, 2.24) is 0 Å². The molecule has 0 fully saturated rings. The topological polar surface area (TPSA) is 20.2 Å². The number of hydrogen-bond donors (Lipinski definition) is 1. The molecule has 0 aromatic carbocycles. The molecule has 0 spiro atoms. The van der Waals surface area contributed by atoms with E-state index in [2.05, 4.69) is 13.8 Å². The van der Waals surface area contributed by atoms with Gasteiger partial charge in [0.05, 0.1) is 5.76 Å². The molecule has 0 aliphatic rings. The molecule has 0 atom stereocenters. The molecule has 0 saturated heterocycles. The van der Waals surface area contributed by atoms with Crippen molar-refractivity contribution in [3.8, 4) is 0 Å². The molecule has 1 nitrogen and oxygen atoms in total. The Morgan fingerprint density at radius 3 is 1.74 bits per heavy atom. The minimum absolute atomic E-state index is 0.629. The lowest BCUT2D eigenvalue weighted by Crippen LogP contribution is -1.85. The van der Waals surface area contributed by atoms with Gasteiger partial charge in [-0.3, -0.25) is 0 Å². The Kier molecular flexibility index (Phi) is 15.2. The van der Waals surface area contributed by atoms with E-state index in [9.17, 15) is 5.11 Å². The summed E-state index contributed by atoms with van der Waals surface area (Å²) >= 11 is 0. The Morgan fingerprint density at radius 1 is 0.684 bits per heavy atom. The first-order chi connectivity index (χ1) is 9.31. The number of allylic oxidation sites excluding steroid dienone is 2. The van der Waals surface area contributed by atoms with Gasteiger partial charge in [-0.1, -0.05) is 78.1 Å². The Balaban J connectivity index is 3.25. The second-order valence-corrected chi connectivity index (χ2v) is 5.77. The van der Waals surface area contributed by atoms with Gasteiger partial charge in [0, 0.05) is 6.42 Å². The van der Waals surface area contributed by atoms with Gasteiger partial charge < -0.3 is 5.11 Å². The molecule has 0 saturated carbocycles. The molecule has 0 amide bonds. The molecule has 1 N–H and O–H groups in total. The predicted octanol–water partition coefficient (Wildman–Crippen LogP) is 6.93. The van der Waals surface area contributed by atoms with Crippen LogP contribution < -0.4 is 0 Å². The molecule has 19 heavy (non-hydrogen) atoms. The third kappa shape index (κ3) is 15.5. The van der Waals surface area contributed by atoms with Gasteiger partial charge in [0.2, 0.25) is 0 Å². The summed E-state index contributed by atoms with van der Waals surface area (Å²) in [5, 5.41) is 9.75. The molecule has 0 heterocycles. The first kappa shape index (κ1) is 18.5. The summed E-state index contributed by atoms with van der Waals surface area (Å²) in [7, 11) is 0. The van der Waals surface area contributed by atoms with Crippen LogP contribution in [0.3, 0.4) is 0 Å². The highest BCUT2D eigenvalue weighted by molar-refractivity contribution is 4.90. The zero-order valence-electron chi connectivity index (χ0n) is 13.4. The van der Waals surface area contributed by atoms with Crippen LogP contribution in [-0.4, -0.2) is 5.11 Å². The fraction of sp³-hybridized carbons (Fsp3) is 0.889. The van der Waals surface area contributed by atoms with Crippen molar-refractivity contribution in [2.45, 2.75) is 104 Å². The lowest BCUT2D eigenvalue weighted by Gasteiger charge is -2.02. The van der Waals surface area contributed by atoms with Gasteiger partial charge in [0.25, 0.3) is 0 Å². The van der Waals surface area contributed by atoms with Gasteiger partial charge in [0.15, 0.2) is 0 Å². The fourth-order valence-corrected chi connectivity index (χ4v) is 2.38. The average molecular weight is 268 g/mol. The van der Waals surface area contributed by atoms with Crippen LogP contribution in [0.15, 0.2) is 11.8 Å². The maximum atomic E-state index is 9.75. The molecule has 0 aliphatic carbocycles. The Hall–Kier alpha value is -0.460. The van der Waals surface area contributed by atoms with E-state index < -0.39 is 0 Å². The van der Waals surface area contributed by atoms with E-state index in [4.69, 9.17) is 0 Å². The largest absolute Gasteiger partial charge is 0.513 e. The van der Waals surface area contributed by atoms with Gasteiger partial charge in [-0.2, -0.15) is 0 Å². The average Bonchev–Trinajstić information content (AvgIpc) is 2.41. The van der Waals surface area contributed by atoms with E-state index in [1.54, 1.807) is 0 Å². The first-order valence-corrected chi connectivity index (χ1v) is 8.69. The molecule has 114 valence electrons. The van der Waals surface area contributed by atoms with Crippen molar-refractivity contribution in [2.75, 3.05) is 0 Å². The lowest BCUT2D eigenvalue weighted by molar-refractivity contribution is 0.376. The Morgan fingerprint density at radius 2 is 1.16 bits per heavy atom. The molecule has 0 radical (unpaired) electrons. The first-order valence-electron chi connectivity index (χ1n) is 8.69. The van der Waals surface area contributed by atoms with E-state index >= 15 is 0 Å². The minimum atomic E-state index is 0.629. The molecular weight excluding hydrogens is 232 g/mol. The predicted molar refractivity (Wildman–Crippen MR) is 86.7 cm³/mol. The maximum absolute atomic E-state index is 9.75. The molecule has 0 unspecified atom stereocenters. The zero-order valence-corrected chi connectivity index (χ0v) is 13.4. The summed E-state index contributed by atoms with van der Waals surface area (Å²) in [6, 6.07) is 0. The highest BCUT2D eigenvalue weighted by Gasteiger charge is 1.95. The van der Waals surface area contributed by atoms with E-state index in [0.717, 1.165) is 19.3 Å². The van der Waals surface area contributed by atoms with Crippen molar-refractivity contribution >= 4 is 0 Å². The summed E-state index contributed by atoms with van der Waals surface area (Å²) in [6.45, 7) is 4.50. The van der Waals surface area contributed by atoms with Crippen LogP contribution in [0.1, 0.15) is 104 Å². The van der Waals surface area contributed by atoms with Crippen molar-refractivity contribution in [3.63, 3.8) is 0 Å². The third-order valence-electron chi connectivity index (χ3n) is 3.72. The van der Waals surface area contributed by atoms with Gasteiger partial charge in [0.1, 0.15) is 0 Å². The van der Waals surface area contributed by atoms with Crippen LogP contribution in [-0.2, 0) is 0 Å². The molecule has 0 aliphatic heterocycles. The standard InChI is InChI=1S/C18H36O/c1-3-5-7-9-11-13-15-17-18(19)16-14-12-10-8-6-4-2/h17,19H,3-16H2,1-2H3/b18-17-. The second-order valence-electron chi connectivity index (χ2n) is 5.77. The van der Waals surface area contributed by atoms with Gasteiger partial charge in [-0.15, -0.1) is 0 Å². The highest BCUT2D eigenvalue weighted by Crippen LogP contribution is 2.12. The van der Waals surface area contributed by atoms with E-state index in [-0.39, 0.29) is 0 Å². The summed E-state index contributed by atoms with van der Waals surface area (Å²) in [6.07, 6.45) is 19.8. The smallest absolute Gasteiger partial charge is 0.0882 e. The number of rotatable bonds is 14. The minimum Gasteiger partial charge on any atom is -0.513 e. The van der Waals surface area contributed by atoms with Crippen molar-refractivity contribution in [2.24, 2.45) is 0 Å². The Bertz CT molecular complexity index is 196. The fourth-order valence-electron chi connectivity index (χ4n) is 2.38. The van der Waals surface area contributed by atoms with E-state index in [1.165, 1.54) is 70.6 Å². The summed E-state index contributed by atoms with van der Waals surface area (Å²) < 4.78 is 0. The maximum Gasteiger partial charge on any atom is 0.0882 e. The van der Waals surface area contributed by atoms with Gasteiger partial charge in [-0.05, 0) is 25.3 Å². The summed E-state index contributed by atoms with van der Waals surface area (Å²) in [4.78, 5) is 0. The highest BCUT2D eigenvalue weighted by atomic mass is 16.3. The van der Waals surface area contributed by atoms with Crippen molar-refractivity contribution < 1.29 is 5.11 Å². The molecule has 1 heteroatoms. The van der Waals surface area contributed by atoms with Crippen LogP contribution in [0, 0.1) is 0 Å². The van der Waals surface area contributed by atoms with Crippen LogP contribution in [0.25, 0.3) is 0 Å². The second kappa shape index (κ2) is 15.6. The summed E-state index contributed by atoms with van der Waals surface area (Å²) in [5.41, 5.74) is 0. The monoisotopic (exact) mass is 268 g/mol. The molecule has 0 aromatic rings. The normalized spacial score (nSPS) is 12.0. The Labute approximate surface area is 121 Å². The number of aliphatic hydroxyl groups is 1. The quantitative estimate of drug-likeness (QED) is 0.267. The number of unbranched alkanes of at least 4 members (excludes halogenated alkanes) is 11. The van der Waals surface area contributed by atoms with Crippen molar-refractivity contribution in [3.05, 3.63) is 11.8 Å². The number of aliphatic hydroxyl groups excluding tert-OH is 1. The van der Waals surface area contributed by atoms with Crippen molar-refractivity contribution in [1.29, 1.82) is 0 Å². The third-order valence-corrected chi connectivity index (χ3v) is 3.72. The summed E-state index contributed by atoms with van der Waals surface area (Å²) in [5.74, 6) is 0.629. The molecule has 0 bridgehead atoms. The zero-order chi connectivity index (χ0) is 14.2. The SMILES string of the molecule is CCCCCCCC/C=C(\O)CCCCCCCC. The molecule has 0 rings (SSSR count).